The summed E-state index contributed by atoms with van der Waals surface area (Å²) in [6, 6.07) is 19.1. The highest BCUT2D eigenvalue weighted by molar-refractivity contribution is 8.18. The lowest BCUT2D eigenvalue weighted by molar-refractivity contribution is -0.138. The molecule has 1 N–H and O–H groups in total. The van der Waals surface area contributed by atoms with Crippen LogP contribution in [0, 0.1) is 0 Å². The fourth-order valence-electron chi connectivity index (χ4n) is 3.67. The Morgan fingerprint density at radius 3 is 2.40 bits per heavy atom. The number of aliphatic hydroxyl groups excluding tert-OH is 1. The van der Waals surface area contributed by atoms with E-state index >= 15 is 0 Å². The van der Waals surface area contributed by atoms with Crippen LogP contribution in [-0.4, -0.2) is 35.2 Å². The molecule has 10 heteroatoms. The number of rotatable bonds is 9. The molecule has 7 nitrogen and oxygen atoms in total. The quantitative estimate of drug-likeness (QED) is 0.253. The summed E-state index contributed by atoms with van der Waals surface area (Å²) in [6.45, 7) is 4.32. The first kappa shape index (κ1) is 29.3. The molecule has 0 radical (unpaired) electrons. The van der Waals surface area contributed by atoms with E-state index in [0.717, 1.165) is 17.3 Å². The van der Waals surface area contributed by atoms with E-state index in [4.69, 9.17) is 37.4 Å². The molecule has 1 aliphatic rings. The van der Waals surface area contributed by atoms with Gasteiger partial charge in [-0.25, -0.2) is 9.79 Å². The van der Waals surface area contributed by atoms with Crippen molar-refractivity contribution in [3.63, 3.8) is 0 Å². The third kappa shape index (κ3) is 7.07. The van der Waals surface area contributed by atoms with E-state index in [0.29, 0.717) is 40.2 Å². The van der Waals surface area contributed by atoms with Crippen molar-refractivity contribution in [1.82, 2.24) is 0 Å². The lowest BCUT2D eigenvalue weighted by Gasteiger charge is -2.13. The Morgan fingerprint density at radius 1 is 0.950 bits per heavy atom. The van der Waals surface area contributed by atoms with Crippen LogP contribution in [0.1, 0.15) is 35.3 Å². The van der Waals surface area contributed by atoms with Crippen molar-refractivity contribution in [3.8, 4) is 11.5 Å². The first-order valence-electron chi connectivity index (χ1n) is 12.3. The second kappa shape index (κ2) is 13.6. The van der Waals surface area contributed by atoms with Gasteiger partial charge in [-0.3, -0.25) is 4.79 Å². The lowest BCUT2D eigenvalue weighted by atomic mass is 10.1. The van der Waals surface area contributed by atoms with Gasteiger partial charge in [0.15, 0.2) is 11.5 Å². The summed E-state index contributed by atoms with van der Waals surface area (Å²) in [7, 11) is 0. The standard InChI is InChI=1S/C30H25Cl2NO6S/c1-3-37-24-15-19(11-14-23(24)39-17-18-9-12-20(31)13-10-18)16-25-27(34)26(30(36)38-4-2)29(40-25)33-28(35)21-7-5-6-8-22(21)32/h5-16,34H,3-4,17H2,1-2H3/b25-16-,33-29?. The Balaban J connectivity index is 1.64. The number of aliphatic imine (C=N–C) groups is 1. The molecule has 0 saturated carbocycles. The zero-order chi connectivity index (χ0) is 28.6. The molecule has 3 aromatic carbocycles. The predicted octanol–water partition coefficient (Wildman–Crippen LogP) is 7.67. The summed E-state index contributed by atoms with van der Waals surface area (Å²) in [5, 5.41) is 11.9. The van der Waals surface area contributed by atoms with Crippen molar-refractivity contribution >= 4 is 58.0 Å². The number of amides is 1. The molecule has 0 atom stereocenters. The number of hydrogen-bond donors (Lipinski definition) is 1. The normalized spacial score (nSPS) is 15.0. The Bertz CT molecular complexity index is 1510. The Morgan fingerprint density at radius 2 is 1.70 bits per heavy atom. The number of carbonyl (C=O) groups is 2. The Kier molecular flexibility index (Phi) is 9.93. The average Bonchev–Trinajstić information content (AvgIpc) is 3.23. The average molecular weight is 599 g/mol. The minimum Gasteiger partial charge on any atom is -0.506 e. The van der Waals surface area contributed by atoms with Crippen molar-refractivity contribution in [2.75, 3.05) is 13.2 Å². The molecule has 3 aromatic rings. The summed E-state index contributed by atoms with van der Waals surface area (Å²) in [4.78, 5) is 30.0. The number of nitrogens with zero attached hydrogens (tertiary/aromatic N) is 1. The molecule has 1 amide bonds. The smallest absolute Gasteiger partial charge is 0.344 e. The Hall–Kier alpha value is -3.72. The molecule has 0 aromatic heterocycles. The van der Waals surface area contributed by atoms with Gasteiger partial charge in [0.1, 0.15) is 23.0 Å². The van der Waals surface area contributed by atoms with Gasteiger partial charge in [0.2, 0.25) is 0 Å². The van der Waals surface area contributed by atoms with Gasteiger partial charge in [0.05, 0.1) is 28.7 Å². The van der Waals surface area contributed by atoms with Crippen molar-refractivity contribution in [2.45, 2.75) is 20.5 Å². The summed E-state index contributed by atoms with van der Waals surface area (Å²) in [6.07, 6.45) is 1.66. The van der Waals surface area contributed by atoms with Gasteiger partial charge in [-0.05, 0) is 67.4 Å². The first-order valence-corrected chi connectivity index (χ1v) is 13.9. The summed E-state index contributed by atoms with van der Waals surface area (Å²) >= 11 is 13.1. The van der Waals surface area contributed by atoms with E-state index in [1.165, 1.54) is 6.07 Å². The minimum atomic E-state index is -0.789. The molecule has 1 heterocycles. The van der Waals surface area contributed by atoms with E-state index < -0.39 is 11.9 Å². The number of thioether (sulfide) groups is 1. The molecule has 1 aliphatic heterocycles. The first-order chi connectivity index (χ1) is 19.3. The molecule has 0 saturated heterocycles. The maximum atomic E-state index is 12.9. The van der Waals surface area contributed by atoms with E-state index in [1.54, 1.807) is 61.5 Å². The van der Waals surface area contributed by atoms with Gasteiger partial charge in [0.25, 0.3) is 5.91 Å². The molecule has 0 bridgehead atoms. The van der Waals surface area contributed by atoms with E-state index in [-0.39, 0.29) is 33.6 Å². The molecule has 0 spiro atoms. The largest absolute Gasteiger partial charge is 0.506 e. The topological polar surface area (TPSA) is 94.4 Å². The molecule has 0 unspecified atom stereocenters. The summed E-state index contributed by atoms with van der Waals surface area (Å²) in [5.74, 6) is -0.731. The van der Waals surface area contributed by atoms with Crippen LogP contribution < -0.4 is 9.47 Å². The minimum absolute atomic E-state index is 0.0140. The van der Waals surface area contributed by atoms with Crippen LogP contribution in [0.2, 0.25) is 10.0 Å². The Labute approximate surface area is 246 Å². The van der Waals surface area contributed by atoms with E-state index in [9.17, 15) is 14.7 Å². The van der Waals surface area contributed by atoms with Gasteiger partial charge in [-0.2, -0.15) is 0 Å². The number of benzene rings is 3. The third-order valence-corrected chi connectivity index (χ3v) is 7.15. The van der Waals surface area contributed by atoms with Gasteiger partial charge in [-0.15, -0.1) is 0 Å². The van der Waals surface area contributed by atoms with Crippen LogP contribution in [0.4, 0.5) is 0 Å². The highest BCUT2D eigenvalue weighted by Crippen LogP contribution is 2.40. The van der Waals surface area contributed by atoms with Crippen LogP contribution in [0.25, 0.3) is 6.08 Å². The molecular formula is C30H25Cl2NO6S. The molecule has 0 aliphatic carbocycles. The lowest BCUT2D eigenvalue weighted by Crippen LogP contribution is -2.14. The van der Waals surface area contributed by atoms with Crippen molar-refractivity contribution < 1.29 is 28.9 Å². The summed E-state index contributed by atoms with van der Waals surface area (Å²) < 4.78 is 16.9. The fourth-order valence-corrected chi connectivity index (χ4v) is 5.03. The SMILES string of the molecule is CCOC(=O)C1=C(O)/C(=C/c2ccc(OCc3ccc(Cl)cc3)c(OCC)c2)SC1=NC(=O)c1ccccc1Cl. The second-order valence-corrected chi connectivity index (χ2v) is 10.2. The van der Waals surface area contributed by atoms with E-state index in [1.807, 2.05) is 19.1 Å². The third-order valence-electron chi connectivity index (χ3n) is 5.55. The number of aliphatic hydroxyl groups is 1. The van der Waals surface area contributed by atoms with Gasteiger partial charge in [0, 0.05) is 5.02 Å². The van der Waals surface area contributed by atoms with Gasteiger partial charge >= 0.3 is 5.97 Å². The second-order valence-electron chi connectivity index (χ2n) is 8.31. The monoisotopic (exact) mass is 597 g/mol. The highest BCUT2D eigenvalue weighted by atomic mass is 35.5. The molecule has 206 valence electrons. The van der Waals surface area contributed by atoms with Crippen molar-refractivity contribution in [3.05, 3.63) is 110 Å². The summed E-state index contributed by atoms with van der Waals surface area (Å²) in [5.41, 5.74) is 1.60. The molecule has 4 rings (SSSR count). The molecule has 40 heavy (non-hydrogen) atoms. The number of hydrogen-bond acceptors (Lipinski definition) is 7. The van der Waals surface area contributed by atoms with Crippen LogP contribution in [0.3, 0.4) is 0 Å². The maximum absolute atomic E-state index is 12.9. The maximum Gasteiger partial charge on any atom is 0.344 e. The van der Waals surface area contributed by atoms with Crippen molar-refractivity contribution in [2.24, 2.45) is 4.99 Å². The molecular weight excluding hydrogens is 573 g/mol. The number of carbonyl (C=O) groups excluding carboxylic acids is 2. The van der Waals surface area contributed by atoms with Crippen LogP contribution in [-0.2, 0) is 16.1 Å². The van der Waals surface area contributed by atoms with E-state index in [2.05, 4.69) is 4.99 Å². The predicted molar refractivity (Wildman–Crippen MR) is 158 cm³/mol. The number of ether oxygens (including phenoxy) is 3. The van der Waals surface area contributed by atoms with Crippen LogP contribution in [0.15, 0.2) is 88.0 Å². The molecule has 0 fully saturated rings. The van der Waals surface area contributed by atoms with Crippen LogP contribution in [0.5, 0.6) is 11.5 Å². The van der Waals surface area contributed by atoms with Gasteiger partial charge in [-0.1, -0.05) is 65.3 Å². The van der Waals surface area contributed by atoms with Crippen LogP contribution >= 0.6 is 35.0 Å². The number of halogens is 2. The zero-order valence-electron chi connectivity index (χ0n) is 21.6. The fraction of sp³-hybridized carbons (Fsp3) is 0.167. The number of esters is 1. The van der Waals surface area contributed by atoms with Crippen molar-refractivity contribution in [1.29, 1.82) is 0 Å². The highest BCUT2D eigenvalue weighted by Gasteiger charge is 2.34. The van der Waals surface area contributed by atoms with Gasteiger partial charge < -0.3 is 19.3 Å². The zero-order valence-corrected chi connectivity index (χ0v) is 24.0.